The van der Waals surface area contributed by atoms with E-state index in [1.807, 2.05) is 6.07 Å². The molecule has 0 amide bonds. The van der Waals surface area contributed by atoms with Crippen LogP contribution in [0.25, 0.3) is 10.9 Å². The topological polar surface area (TPSA) is 102 Å². The van der Waals surface area contributed by atoms with E-state index in [4.69, 9.17) is 4.52 Å². The molecule has 32 heavy (non-hydrogen) atoms. The predicted molar refractivity (Wildman–Crippen MR) is 119 cm³/mol. The number of carbonyl (C=O) groups is 1. The number of nitrogens with zero attached hydrogens (tertiary/aromatic N) is 2. The minimum atomic E-state index is -4.41. The van der Waals surface area contributed by atoms with Gasteiger partial charge >= 0.3 is 7.75 Å². The molecule has 2 atom stereocenters. The van der Waals surface area contributed by atoms with Crippen molar-refractivity contribution >= 4 is 35.8 Å². The lowest BCUT2D eigenvalue weighted by molar-refractivity contribution is 0.103. The maximum absolute atomic E-state index is 14.0. The Morgan fingerprint density at radius 2 is 2.03 bits per heavy atom. The minimum Gasteiger partial charge on any atom is -0.387 e. The average Bonchev–Trinajstić information content (AvgIpc) is 3.43. The maximum atomic E-state index is 14.0. The Balaban J connectivity index is 1.73. The Labute approximate surface area is 187 Å². The molecule has 0 bridgehead atoms. The van der Waals surface area contributed by atoms with Crippen molar-refractivity contribution in [3.05, 3.63) is 87.8 Å². The van der Waals surface area contributed by atoms with Gasteiger partial charge in [-0.2, -0.15) is 0 Å². The van der Waals surface area contributed by atoms with Crippen LogP contribution in [0.2, 0.25) is 0 Å². The molecule has 166 valence electrons. The van der Waals surface area contributed by atoms with Crippen LogP contribution >= 0.6 is 19.1 Å². The summed E-state index contributed by atoms with van der Waals surface area (Å²) >= 11 is 1.05. The summed E-state index contributed by atoms with van der Waals surface area (Å²) in [4.78, 5) is 28.0. The van der Waals surface area contributed by atoms with Crippen molar-refractivity contribution in [3.8, 4) is 0 Å². The summed E-state index contributed by atoms with van der Waals surface area (Å²) in [5, 5.41) is 11.8. The lowest BCUT2D eigenvalue weighted by atomic mass is 10.1. The third-order valence-electron chi connectivity index (χ3n) is 4.95. The molecule has 0 aliphatic carbocycles. The van der Waals surface area contributed by atoms with Gasteiger partial charge in [0.15, 0.2) is 5.01 Å². The van der Waals surface area contributed by atoms with Gasteiger partial charge in [-0.25, -0.2) is 13.9 Å². The molecule has 2 aromatic heterocycles. The Kier molecular flexibility index (Phi) is 6.37. The highest BCUT2D eigenvalue weighted by molar-refractivity contribution is 7.51. The zero-order valence-electron chi connectivity index (χ0n) is 17.0. The van der Waals surface area contributed by atoms with Crippen molar-refractivity contribution in [2.45, 2.75) is 26.1 Å². The Morgan fingerprint density at radius 1 is 1.28 bits per heavy atom. The van der Waals surface area contributed by atoms with Crippen molar-refractivity contribution in [2.24, 2.45) is 0 Å². The van der Waals surface area contributed by atoms with Gasteiger partial charge in [-0.3, -0.25) is 13.7 Å². The van der Waals surface area contributed by atoms with Crippen LogP contribution in [0, 0.1) is 5.82 Å². The summed E-state index contributed by atoms with van der Waals surface area (Å²) < 4.78 is 33.3. The standard InChI is InChI=1S/C22H20FN2O5PS/c1-2-20(26)18-13-32-22(24-18)21(27)17-11-25(19-9-8-15(23)10-16(17)19)31(28,29)30-12-14-6-4-3-5-7-14/h3-11,13,20,26H,2,12H2,1H3,(H,28,29). The number of rotatable bonds is 8. The molecule has 7 nitrogen and oxygen atoms in total. The van der Waals surface area contributed by atoms with E-state index in [9.17, 15) is 23.7 Å². The van der Waals surface area contributed by atoms with Crippen molar-refractivity contribution in [1.29, 1.82) is 0 Å². The van der Waals surface area contributed by atoms with Crippen LogP contribution in [0.15, 0.2) is 60.1 Å². The summed E-state index contributed by atoms with van der Waals surface area (Å²) in [6, 6.07) is 12.5. The van der Waals surface area contributed by atoms with E-state index >= 15 is 0 Å². The molecular weight excluding hydrogens is 454 g/mol. The molecule has 4 rings (SSSR count). The monoisotopic (exact) mass is 474 g/mol. The molecule has 2 unspecified atom stereocenters. The molecule has 2 heterocycles. The lowest BCUT2D eigenvalue weighted by Gasteiger charge is -2.14. The highest BCUT2D eigenvalue weighted by Gasteiger charge is 2.29. The predicted octanol–water partition coefficient (Wildman–Crippen LogP) is 5.08. The number of aromatic nitrogens is 2. The summed E-state index contributed by atoms with van der Waals surface area (Å²) in [5.41, 5.74) is 1.27. The fourth-order valence-electron chi connectivity index (χ4n) is 3.24. The van der Waals surface area contributed by atoms with Crippen LogP contribution in [0.4, 0.5) is 4.39 Å². The third-order valence-corrected chi connectivity index (χ3v) is 7.15. The normalized spacial score (nSPS) is 14.4. The quantitative estimate of drug-likeness (QED) is 0.273. The number of hydrogen-bond donors (Lipinski definition) is 2. The number of benzene rings is 2. The molecule has 4 aromatic rings. The second-order valence-electron chi connectivity index (χ2n) is 7.13. The lowest BCUT2D eigenvalue weighted by Crippen LogP contribution is -2.03. The van der Waals surface area contributed by atoms with Gasteiger partial charge in [-0.05, 0) is 30.2 Å². The van der Waals surface area contributed by atoms with Gasteiger partial charge in [0.25, 0.3) is 0 Å². The van der Waals surface area contributed by atoms with Gasteiger partial charge in [-0.1, -0.05) is 37.3 Å². The number of aliphatic hydroxyl groups excluding tert-OH is 1. The van der Waals surface area contributed by atoms with Crippen LogP contribution in [-0.2, 0) is 15.7 Å². The Bertz CT molecular complexity index is 1320. The summed E-state index contributed by atoms with van der Waals surface area (Å²) in [5.74, 6) is -1.13. The molecule has 10 heteroatoms. The first-order chi connectivity index (χ1) is 15.3. The molecule has 2 N–H and O–H groups in total. The van der Waals surface area contributed by atoms with E-state index in [0.29, 0.717) is 17.7 Å². The highest BCUT2D eigenvalue weighted by atomic mass is 32.1. The van der Waals surface area contributed by atoms with E-state index in [-0.39, 0.29) is 28.1 Å². The third kappa shape index (κ3) is 4.44. The average molecular weight is 474 g/mol. The van der Waals surface area contributed by atoms with Crippen LogP contribution in [-0.4, -0.2) is 25.1 Å². The number of aliphatic hydroxyl groups is 1. The molecular formula is C22H20FN2O5PS. The first-order valence-electron chi connectivity index (χ1n) is 9.81. The fraction of sp³-hybridized carbons (Fsp3) is 0.182. The minimum absolute atomic E-state index is 0.0176. The van der Waals surface area contributed by atoms with Gasteiger partial charge < -0.3 is 10.00 Å². The van der Waals surface area contributed by atoms with Crippen LogP contribution < -0.4 is 0 Å². The number of thiazole rings is 1. The van der Waals surface area contributed by atoms with Gasteiger partial charge in [0, 0.05) is 17.0 Å². The highest BCUT2D eigenvalue weighted by Crippen LogP contribution is 2.48. The van der Waals surface area contributed by atoms with Crippen LogP contribution in [0.1, 0.15) is 46.1 Å². The number of halogens is 1. The smallest absolute Gasteiger partial charge is 0.387 e. The van der Waals surface area contributed by atoms with Crippen molar-refractivity contribution in [1.82, 2.24) is 9.32 Å². The fourth-order valence-corrected chi connectivity index (χ4v) is 5.21. The number of fused-ring (bicyclic) bond motifs is 1. The maximum Gasteiger partial charge on any atom is 0.437 e. The molecule has 0 aliphatic heterocycles. The number of hydrogen-bond acceptors (Lipinski definition) is 6. The first kappa shape index (κ1) is 22.5. The van der Waals surface area contributed by atoms with Crippen LogP contribution in [0.5, 0.6) is 0 Å². The van der Waals surface area contributed by atoms with E-state index in [0.717, 1.165) is 27.8 Å². The molecule has 0 aliphatic rings. The second-order valence-corrected chi connectivity index (χ2v) is 9.66. The summed E-state index contributed by atoms with van der Waals surface area (Å²) in [7, 11) is -4.41. The van der Waals surface area contributed by atoms with E-state index in [2.05, 4.69) is 4.98 Å². The molecule has 0 spiro atoms. The van der Waals surface area contributed by atoms with Crippen molar-refractivity contribution in [2.75, 3.05) is 0 Å². The zero-order chi connectivity index (χ0) is 22.9. The number of ketones is 1. The van der Waals surface area contributed by atoms with Gasteiger partial charge in [0.2, 0.25) is 5.78 Å². The van der Waals surface area contributed by atoms with Crippen LogP contribution in [0.3, 0.4) is 0 Å². The molecule has 0 fully saturated rings. The first-order valence-corrected chi connectivity index (χ1v) is 12.2. The Morgan fingerprint density at radius 3 is 2.75 bits per heavy atom. The second kappa shape index (κ2) is 9.05. The van der Waals surface area contributed by atoms with Crippen molar-refractivity contribution in [3.63, 3.8) is 0 Å². The molecule has 2 aromatic carbocycles. The van der Waals surface area contributed by atoms with Gasteiger partial charge in [0.05, 0.1) is 29.5 Å². The molecule has 0 radical (unpaired) electrons. The molecule has 0 saturated carbocycles. The van der Waals surface area contributed by atoms with E-state index in [1.165, 1.54) is 12.3 Å². The zero-order valence-corrected chi connectivity index (χ0v) is 18.7. The van der Waals surface area contributed by atoms with Gasteiger partial charge in [-0.15, -0.1) is 11.3 Å². The SMILES string of the molecule is CCC(O)c1csc(C(=O)c2cn(P(=O)(O)OCc3ccccc3)c3ccc(F)cc23)n1. The number of carbonyl (C=O) groups excluding carboxylic acids is 1. The van der Waals surface area contributed by atoms with E-state index in [1.54, 1.807) is 36.6 Å². The largest absolute Gasteiger partial charge is 0.437 e. The van der Waals surface area contributed by atoms with Crippen molar-refractivity contribution < 1.29 is 28.3 Å². The van der Waals surface area contributed by atoms with Gasteiger partial charge in [0.1, 0.15) is 5.82 Å². The Hall–Kier alpha value is -2.68. The van der Waals surface area contributed by atoms with E-state index < -0.39 is 25.5 Å². The summed E-state index contributed by atoms with van der Waals surface area (Å²) in [6.07, 6.45) is 0.833. The summed E-state index contributed by atoms with van der Waals surface area (Å²) in [6.45, 7) is 1.67. The molecule has 0 saturated heterocycles.